The number of halogens is 1. The molecule has 1 amide bonds. The maximum atomic E-state index is 12.0. The molecule has 1 aromatic rings. The van der Waals surface area contributed by atoms with Gasteiger partial charge in [0.1, 0.15) is 5.75 Å². The number of ether oxygens (including phenoxy) is 1. The number of unbranched alkanes of at least 4 members (excludes halogenated alkanes) is 1. The molecule has 0 bridgehead atoms. The molecule has 6 nitrogen and oxygen atoms in total. The van der Waals surface area contributed by atoms with Crippen LogP contribution in [-0.4, -0.2) is 34.0 Å². The van der Waals surface area contributed by atoms with Gasteiger partial charge < -0.3 is 10.1 Å². The van der Waals surface area contributed by atoms with Crippen molar-refractivity contribution < 1.29 is 17.9 Å². The van der Waals surface area contributed by atoms with E-state index in [2.05, 4.69) is 10.0 Å². The van der Waals surface area contributed by atoms with Crippen molar-refractivity contribution in [3.63, 3.8) is 0 Å². The van der Waals surface area contributed by atoms with E-state index in [9.17, 15) is 13.2 Å². The molecular formula is C15H23ClN2O4S. The fourth-order valence-corrected chi connectivity index (χ4v) is 3.14. The molecule has 0 spiro atoms. The largest absolute Gasteiger partial charge is 0.482 e. The van der Waals surface area contributed by atoms with Gasteiger partial charge in [-0.05, 0) is 31.0 Å². The molecule has 0 atom stereocenters. The minimum absolute atomic E-state index is 0.0655. The summed E-state index contributed by atoms with van der Waals surface area (Å²) in [5.74, 6) is 0.0302. The minimum atomic E-state index is -3.58. The van der Waals surface area contributed by atoms with E-state index in [0.717, 1.165) is 12.8 Å². The molecule has 0 aliphatic heterocycles. The van der Waals surface area contributed by atoms with Crippen LogP contribution in [0.15, 0.2) is 23.1 Å². The maximum Gasteiger partial charge on any atom is 0.257 e. The molecule has 130 valence electrons. The first kappa shape index (κ1) is 19.7. The normalized spacial score (nSPS) is 11.3. The molecule has 0 aliphatic carbocycles. The fraction of sp³-hybridized carbons (Fsp3) is 0.533. The molecule has 0 saturated heterocycles. The van der Waals surface area contributed by atoms with Gasteiger partial charge >= 0.3 is 0 Å². The SMILES string of the molecule is CCCCNC(=O)COc1ccc(S(=O)(=O)NCCC)cc1Cl. The molecule has 23 heavy (non-hydrogen) atoms. The Morgan fingerprint density at radius 1 is 1.22 bits per heavy atom. The number of carbonyl (C=O) groups is 1. The number of hydrogen-bond donors (Lipinski definition) is 2. The van der Waals surface area contributed by atoms with Gasteiger partial charge in [0, 0.05) is 13.1 Å². The van der Waals surface area contributed by atoms with Gasteiger partial charge in [0.05, 0.1) is 9.92 Å². The third kappa shape index (κ3) is 6.76. The van der Waals surface area contributed by atoms with Crippen LogP contribution in [0.1, 0.15) is 33.1 Å². The summed E-state index contributed by atoms with van der Waals surface area (Å²) in [5, 5.41) is 2.86. The molecule has 8 heteroatoms. The average molecular weight is 363 g/mol. The molecule has 0 radical (unpaired) electrons. The Balaban J connectivity index is 2.64. The Labute approximate surface area is 142 Å². The number of benzene rings is 1. The van der Waals surface area contributed by atoms with Gasteiger partial charge in [-0.15, -0.1) is 0 Å². The molecule has 0 fully saturated rings. The Morgan fingerprint density at radius 2 is 1.96 bits per heavy atom. The van der Waals surface area contributed by atoms with Crippen LogP contribution in [0.4, 0.5) is 0 Å². The highest BCUT2D eigenvalue weighted by atomic mass is 35.5. The molecule has 0 unspecified atom stereocenters. The number of sulfonamides is 1. The van der Waals surface area contributed by atoms with Crippen molar-refractivity contribution in [3.05, 3.63) is 23.2 Å². The van der Waals surface area contributed by atoms with E-state index in [1.807, 2.05) is 13.8 Å². The van der Waals surface area contributed by atoms with Gasteiger partial charge in [0.2, 0.25) is 10.0 Å². The zero-order chi connectivity index (χ0) is 17.3. The lowest BCUT2D eigenvalue weighted by molar-refractivity contribution is -0.123. The van der Waals surface area contributed by atoms with Crippen LogP contribution in [0.3, 0.4) is 0 Å². The Hall–Kier alpha value is -1.31. The topological polar surface area (TPSA) is 84.5 Å². The number of nitrogens with one attached hydrogen (secondary N) is 2. The molecule has 0 heterocycles. The average Bonchev–Trinajstić information content (AvgIpc) is 2.52. The van der Waals surface area contributed by atoms with Crippen LogP contribution in [0.5, 0.6) is 5.75 Å². The van der Waals surface area contributed by atoms with Crippen LogP contribution in [-0.2, 0) is 14.8 Å². The summed E-state index contributed by atoms with van der Waals surface area (Å²) in [6.07, 6.45) is 2.60. The smallest absolute Gasteiger partial charge is 0.257 e. The summed E-state index contributed by atoms with van der Waals surface area (Å²) in [7, 11) is -3.58. The molecule has 1 rings (SSSR count). The van der Waals surface area contributed by atoms with E-state index in [4.69, 9.17) is 16.3 Å². The summed E-state index contributed by atoms with van der Waals surface area (Å²) in [5.41, 5.74) is 0. The van der Waals surface area contributed by atoms with Crippen molar-refractivity contribution in [2.75, 3.05) is 19.7 Å². The number of amides is 1. The highest BCUT2D eigenvalue weighted by Gasteiger charge is 2.15. The summed E-state index contributed by atoms with van der Waals surface area (Å²) < 4.78 is 31.8. The van der Waals surface area contributed by atoms with Crippen molar-refractivity contribution >= 4 is 27.5 Å². The maximum absolute atomic E-state index is 12.0. The monoisotopic (exact) mass is 362 g/mol. The standard InChI is InChI=1S/C15H23ClN2O4S/c1-3-5-9-17-15(19)11-22-14-7-6-12(10-13(14)16)23(20,21)18-8-4-2/h6-7,10,18H,3-5,8-9,11H2,1-2H3,(H,17,19). The number of carbonyl (C=O) groups excluding carboxylic acids is 1. The van der Waals surface area contributed by atoms with Crippen molar-refractivity contribution in [1.29, 1.82) is 0 Å². The van der Waals surface area contributed by atoms with Crippen molar-refractivity contribution in [2.24, 2.45) is 0 Å². The lowest BCUT2D eigenvalue weighted by atomic mass is 10.3. The quantitative estimate of drug-likeness (QED) is 0.625. The summed E-state index contributed by atoms with van der Waals surface area (Å²) in [6.45, 7) is 4.71. The molecule has 2 N–H and O–H groups in total. The summed E-state index contributed by atoms with van der Waals surface area (Å²) in [6, 6.07) is 4.15. The summed E-state index contributed by atoms with van der Waals surface area (Å²) in [4.78, 5) is 11.6. The van der Waals surface area contributed by atoms with E-state index in [1.54, 1.807) is 0 Å². The zero-order valence-electron chi connectivity index (χ0n) is 13.4. The second-order valence-corrected chi connectivity index (χ2v) is 7.16. The van der Waals surface area contributed by atoms with Crippen LogP contribution >= 0.6 is 11.6 Å². The van der Waals surface area contributed by atoms with Crippen LogP contribution in [0.2, 0.25) is 5.02 Å². The van der Waals surface area contributed by atoms with E-state index in [0.29, 0.717) is 19.5 Å². The Bertz CT molecular complexity index is 620. The molecule has 0 aromatic heterocycles. The van der Waals surface area contributed by atoms with E-state index < -0.39 is 10.0 Å². The molecule has 1 aromatic carbocycles. The van der Waals surface area contributed by atoms with Crippen molar-refractivity contribution in [3.8, 4) is 5.75 Å². The van der Waals surface area contributed by atoms with Crippen LogP contribution in [0, 0.1) is 0 Å². The van der Waals surface area contributed by atoms with E-state index in [1.165, 1.54) is 18.2 Å². The van der Waals surface area contributed by atoms with E-state index in [-0.39, 0.29) is 28.2 Å². The van der Waals surface area contributed by atoms with Gasteiger partial charge in [0.25, 0.3) is 5.91 Å². The van der Waals surface area contributed by atoms with E-state index >= 15 is 0 Å². The molecular weight excluding hydrogens is 340 g/mol. The van der Waals surface area contributed by atoms with Crippen molar-refractivity contribution in [2.45, 2.75) is 38.0 Å². The molecule has 0 aliphatic rings. The van der Waals surface area contributed by atoms with Crippen molar-refractivity contribution in [1.82, 2.24) is 10.0 Å². The third-order valence-electron chi connectivity index (χ3n) is 2.97. The fourth-order valence-electron chi connectivity index (χ4n) is 1.68. The van der Waals surface area contributed by atoms with Gasteiger partial charge in [-0.2, -0.15) is 0 Å². The first-order chi connectivity index (χ1) is 10.9. The third-order valence-corrected chi connectivity index (χ3v) is 4.72. The van der Waals surface area contributed by atoms with Gasteiger partial charge in [-0.1, -0.05) is 31.9 Å². The second kappa shape index (κ2) is 9.75. The Morgan fingerprint density at radius 3 is 2.57 bits per heavy atom. The van der Waals surface area contributed by atoms with Gasteiger partial charge in [-0.25, -0.2) is 13.1 Å². The first-order valence-corrected chi connectivity index (χ1v) is 9.45. The predicted octanol–water partition coefficient (Wildman–Crippen LogP) is 2.32. The lowest BCUT2D eigenvalue weighted by Gasteiger charge is -2.10. The minimum Gasteiger partial charge on any atom is -0.482 e. The number of rotatable bonds is 10. The predicted molar refractivity (Wildman–Crippen MR) is 90.3 cm³/mol. The Kier molecular flexibility index (Phi) is 8.36. The lowest BCUT2D eigenvalue weighted by Crippen LogP contribution is -2.29. The number of hydrogen-bond acceptors (Lipinski definition) is 4. The van der Waals surface area contributed by atoms with Crippen LogP contribution in [0.25, 0.3) is 0 Å². The summed E-state index contributed by atoms with van der Waals surface area (Å²) >= 11 is 6.03. The highest BCUT2D eigenvalue weighted by Crippen LogP contribution is 2.27. The van der Waals surface area contributed by atoms with Gasteiger partial charge in [0.15, 0.2) is 6.61 Å². The molecule has 0 saturated carbocycles. The second-order valence-electron chi connectivity index (χ2n) is 4.98. The zero-order valence-corrected chi connectivity index (χ0v) is 15.0. The first-order valence-electron chi connectivity index (χ1n) is 7.59. The van der Waals surface area contributed by atoms with Crippen LogP contribution < -0.4 is 14.8 Å². The van der Waals surface area contributed by atoms with Gasteiger partial charge in [-0.3, -0.25) is 4.79 Å². The highest BCUT2D eigenvalue weighted by molar-refractivity contribution is 7.89.